The molecule has 2 heterocycles. The molecular formula is C19H19ClN4O3S. The number of aromatic nitrogens is 1. The van der Waals surface area contributed by atoms with Crippen molar-refractivity contribution in [2.75, 3.05) is 0 Å². The fraction of sp³-hybridized carbons (Fsp3) is 0.368. The van der Waals surface area contributed by atoms with Crippen LogP contribution in [-0.4, -0.2) is 33.4 Å². The molecule has 0 radical (unpaired) electrons. The van der Waals surface area contributed by atoms with Crippen molar-refractivity contribution in [3.8, 4) is 10.6 Å². The van der Waals surface area contributed by atoms with Crippen molar-refractivity contribution in [1.82, 2.24) is 20.7 Å². The first kappa shape index (κ1) is 18.9. The molecule has 1 aliphatic carbocycles. The van der Waals surface area contributed by atoms with Gasteiger partial charge in [0.15, 0.2) is 0 Å². The lowest BCUT2D eigenvalue weighted by Gasteiger charge is -2.30. The van der Waals surface area contributed by atoms with E-state index in [9.17, 15) is 14.4 Å². The van der Waals surface area contributed by atoms with Crippen molar-refractivity contribution in [2.24, 2.45) is 0 Å². The molecule has 1 spiro atoms. The van der Waals surface area contributed by atoms with Gasteiger partial charge < -0.3 is 5.32 Å². The molecule has 0 atom stereocenters. The predicted octanol–water partition coefficient (Wildman–Crippen LogP) is 3.67. The van der Waals surface area contributed by atoms with E-state index in [1.54, 1.807) is 19.1 Å². The van der Waals surface area contributed by atoms with Gasteiger partial charge in [0.1, 0.15) is 15.4 Å². The first-order chi connectivity index (χ1) is 13.4. The number of nitrogens with one attached hydrogen (secondary N) is 2. The van der Waals surface area contributed by atoms with Crippen molar-refractivity contribution in [3.05, 3.63) is 39.9 Å². The van der Waals surface area contributed by atoms with Crippen molar-refractivity contribution in [3.63, 3.8) is 0 Å². The Morgan fingerprint density at radius 2 is 1.89 bits per heavy atom. The van der Waals surface area contributed by atoms with E-state index < -0.39 is 17.5 Å². The van der Waals surface area contributed by atoms with E-state index in [2.05, 4.69) is 15.7 Å². The highest BCUT2D eigenvalue weighted by Gasteiger charge is 2.52. The van der Waals surface area contributed by atoms with Crippen LogP contribution < -0.4 is 10.7 Å². The number of amides is 4. The van der Waals surface area contributed by atoms with Crippen LogP contribution in [0.25, 0.3) is 10.6 Å². The SMILES string of the molecule is Cc1nc(-c2ccc(Cl)cc2)sc1C(=O)NN1C(=O)NC2(CCCCC2)C1=O. The number of benzene rings is 1. The van der Waals surface area contributed by atoms with E-state index in [-0.39, 0.29) is 5.91 Å². The summed E-state index contributed by atoms with van der Waals surface area (Å²) in [5, 5.41) is 4.87. The van der Waals surface area contributed by atoms with Crippen molar-refractivity contribution >= 4 is 40.8 Å². The van der Waals surface area contributed by atoms with Gasteiger partial charge in [-0.05, 0) is 31.9 Å². The summed E-state index contributed by atoms with van der Waals surface area (Å²) in [5.41, 5.74) is 2.96. The molecule has 0 unspecified atom stereocenters. The molecule has 7 nitrogen and oxygen atoms in total. The number of nitrogens with zero attached hydrogens (tertiary/aromatic N) is 2. The molecule has 9 heteroatoms. The minimum atomic E-state index is -0.875. The van der Waals surface area contributed by atoms with Crippen LogP contribution in [0.2, 0.25) is 5.02 Å². The summed E-state index contributed by atoms with van der Waals surface area (Å²) in [6.07, 6.45) is 4.01. The number of hydrazine groups is 1. The second kappa shape index (κ2) is 7.18. The quantitative estimate of drug-likeness (QED) is 0.744. The number of aryl methyl sites for hydroxylation is 1. The van der Waals surface area contributed by atoms with Gasteiger partial charge in [-0.2, -0.15) is 5.01 Å². The molecule has 28 heavy (non-hydrogen) atoms. The fourth-order valence-electron chi connectivity index (χ4n) is 3.69. The zero-order valence-corrected chi connectivity index (χ0v) is 16.8. The van der Waals surface area contributed by atoms with Crippen molar-refractivity contribution < 1.29 is 14.4 Å². The number of carbonyl (C=O) groups excluding carboxylic acids is 3. The van der Waals surface area contributed by atoms with Crippen LogP contribution >= 0.6 is 22.9 Å². The van der Waals surface area contributed by atoms with E-state index >= 15 is 0 Å². The number of halogens is 1. The fourth-order valence-corrected chi connectivity index (χ4v) is 4.78. The zero-order chi connectivity index (χ0) is 19.9. The van der Waals surface area contributed by atoms with Crippen LogP contribution in [0.15, 0.2) is 24.3 Å². The number of imide groups is 1. The highest BCUT2D eigenvalue weighted by atomic mass is 35.5. The molecule has 0 bridgehead atoms. The zero-order valence-electron chi connectivity index (χ0n) is 15.3. The van der Waals surface area contributed by atoms with Crippen LogP contribution in [0.3, 0.4) is 0 Å². The minimum Gasteiger partial charge on any atom is -0.322 e. The van der Waals surface area contributed by atoms with Gasteiger partial charge in [-0.3, -0.25) is 15.0 Å². The van der Waals surface area contributed by atoms with Crippen molar-refractivity contribution in [1.29, 1.82) is 0 Å². The molecule has 1 aromatic heterocycles. The lowest BCUT2D eigenvalue weighted by atomic mass is 9.82. The number of carbonyl (C=O) groups is 3. The van der Waals surface area contributed by atoms with Gasteiger partial charge >= 0.3 is 6.03 Å². The van der Waals surface area contributed by atoms with E-state index in [1.807, 2.05) is 12.1 Å². The summed E-state index contributed by atoms with van der Waals surface area (Å²) < 4.78 is 0. The van der Waals surface area contributed by atoms with Crippen LogP contribution in [-0.2, 0) is 4.79 Å². The maximum Gasteiger partial charge on any atom is 0.344 e. The first-order valence-corrected chi connectivity index (χ1v) is 10.3. The van der Waals surface area contributed by atoms with E-state index in [0.29, 0.717) is 33.4 Å². The molecule has 146 valence electrons. The molecule has 1 saturated carbocycles. The standard InChI is InChI=1S/C19H19ClN4O3S/c1-11-14(28-16(21-11)12-5-7-13(20)8-6-12)15(25)23-24-17(26)19(22-18(24)27)9-3-2-4-10-19/h5-8H,2-4,9-10H2,1H3,(H,22,27)(H,23,25). The Kier molecular flexibility index (Phi) is 4.84. The van der Waals surface area contributed by atoms with Gasteiger partial charge in [-0.1, -0.05) is 43.0 Å². The Labute approximate surface area is 171 Å². The number of thiazole rings is 1. The molecule has 4 amide bonds. The summed E-state index contributed by atoms with van der Waals surface area (Å²) in [7, 11) is 0. The summed E-state index contributed by atoms with van der Waals surface area (Å²) in [6, 6.07) is 6.58. The number of rotatable bonds is 3. The van der Waals surface area contributed by atoms with E-state index in [1.165, 1.54) is 11.3 Å². The van der Waals surface area contributed by atoms with Gasteiger partial charge in [-0.25, -0.2) is 9.78 Å². The Morgan fingerprint density at radius 3 is 2.57 bits per heavy atom. The van der Waals surface area contributed by atoms with Gasteiger partial charge in [0, 0.05) is 10.6 Å². The largest absolute Gasteiger partial charge is 0.344 e. The average Bonchev–Trinajstić information content (AvgIpc) is 3.17. The molecule has 1 aromatic carbocycles. The van der Waals surface area contributed by atoms with Crippen molar-refractivity contribution in [2.45, 2.75) is 44.6 Å². The van der Waals surface area contributed by atoms with Gasteiger partial charge in [0.25, 0.3) is 11.8 Å². The van der Waals surface area contributed by atoms with Crippen LogP contribution in [0.5, 0.6) is 0 Å². The lowest BCUT2D eigenvalue weighted by Crippen LogP contribution is -2.50. The molecular weight excluding hydrogens is 400 g/mol. The van der Waals surface area contributed by atoms with E-state index in [4.69, 9.17) is 11.6 Å². The average molecular weight is 419 g/mol. The maximum absolute atomic E-state index is 12.8. The second-order valence-corrected chi connectivity index (χ2v) is 8.53. The number of hydrogen-bond acceptors (Lipinski definition) is 5. The number of urea groups is 1. The molecule has 4 rings (SSSR count). The minimum absolute atomic E-state index is 0.357. The summed E-state index contributed by atoms with van der Waals surface area (Å²) in [4.78, 5) is 42.7. The highest BCUT2D eigenvalue weighted by Crippen LogP contribution is 2.33. The number of hydrogen-bond donors (Lipinski definition) is 2. The topological polar surface area (TPSA) is 91.4 Å². The second-order valence-electron chi connectivity index (χ2n) is 7.09. The highest BCUT2D eigenvalue weighted by molar-refractivity contribution is 7.17. The normalized spacial score (nSPS) is 18.4. The predicted molar refractivity (Wildman–Crippen MR) is 106 cm³/mol. The van der Waals surface area contributed by atoms with Gasteiger partial charge in [0.05, 0.1) is 5.69 Å². The smallest absolute Gasteiger partial charge is 0.322 e. The Bertz CT molecular complexity index is 951. The van der Waals surface area contributed by atoms with E-state index in [0.717, 1.165) is 29.8 Å². The molecule has 2 aliphatic rings. The van der Waals surface area contributed by atoms with Crippen LogP contribution in [0.1, 0.15) is 47.5 Å². The summed E-state index contributed by atoms with van der Waals surface area (Å²) in [6.45, 7) is 1.72. The Morgan fingerprint density at radius 1 is 1.21 bits per heavy atom. The Hall–Kier alpha value is -2.45. The van der Waals surface area contributed by atoms with Gasteiger partial charge in [0.2, 0.25) is 0 Å². The van der Waals surface area contributed by atoms with Gasteiger partial charge in [-0.15, -0.1) is 11.3 Å². The maximum atomic E-state index is 12.8. The summed E-state index contributed by atoms with van der Waals surface area (Å²) >= 11 is 7.12. The molecule has 1 aliphatic heterocycles. The lowest BCUT2D eigenvalue weighted by molar-refractivity contribution is -0.134. The van der Waals surface area contributed by atoms with Crippen LogP contribution in [0, 0.1) is 6.92 Å². The molecule has 2 aromatic rings. The molecule has 2 N–H and O–H groups in total. The third kappa shape index (κ3) is 3.27. The monoisotopic (exact) mass is 418 g/mol. The molecule has 1 saturated heterocycles. The third-order valence-electron chi connectivity index (χ3n) is 5.18. The first-order valence-electron chi connectivity index (χ1n) is 9.11. The Balaban J connectivity index is 1.53. The third-order valence-corrected chi connectivity index (χ3v) is 6.63. The van der Waals surface area contributed by atoms with Crippen LogP contribution in [0.4, 0.5) is 4.79 Å². The summed E-state index contributed by atoms with van der Waals surface area (Å²) in [5.74, 6) is -0.905. The molecule has 2 fully saturated rings.